The zero-order chi connectivity index (χ0) is 14.0. The van der Waals surface area contributed by atoms with E-state index in [4.69, 9.17) is 9.15 Å². The van der Waals surface area contributed by atoms with Crippen molar-refractivity contribution in [3.8, 4) is 0 Å². The van der Waals surface area contributed by atoms with E-state index in [9.17, 15) is 0 Å². The number of aryl methyl sites for hydroxylation is 1. The predicted molar refractivity (Wildman–Crippen MR) is 77.2 cm³/mol. The molecule has 0 spiro atoms. The molecule has 0 saturated heterocycles. The van der Waals surface area contributed by atoms with Crippen molar-refractivity contribution in [2.24, 2.45) is 0 Å². The van der Waals surface area contributed by atoms with Crippen LogP contribution in [0.2, 0.25) is 0 Å². The SMILES string of the molecule is CCCn1nccc1CNCCCOCc1ccco1. The van der Waals surface area contributed by atoms with Crippen LogP contribution in [0.5, 0.6) is 0 Å². The summed E-state index contributed by atoms with van der Waals surface area (Å²) >= 11 is 0. The molecule has 0 aliphatic rings. The van der Waals surface area contributed by atoms with Gasteiger partial charge in [-0.3, -0.25) is 4.68 Å². The van der Waals surface area contributed by atoms with E-state index in [1.54, 1.807) is 6.26 Å². The molecule has 0 radical (unpaired) electrons. The maximum atomic E-state index is 5.53. The highest BCUT2D eigenvalue weighted by atomic mass is 16.5. The highest BCUT2D eigenvalue weighted by Gasteiger charge is 2.00. The van der Waals surface area contributed by atoms with Crippen LogP contribution in [0.4, 0.5) is 0 Å². The Kier molecular flexibility index (Phi) is 6.34. The standard InChI is InChI=1S/C15H23N3O2/c1-2-9-18-14(6-8-17-18)12-16-7-4-10-19-13-15-5-3-11-20-15/h3,5-6,8,11,16H,2,4,7,9-10,12-13H2,1H3. The molecule has 0 aliphatic heterocycles. The molecule has 0 aromatic carbocycles. The van der Waals surface area contributed by atoms with Gasteiger partial charge in [0.05, 0.1) is 12.0 Å². The normalized spacial score (nSPS) is 11.1. The monoisotopic (exact) mass is 277 g/mol. The largest absolute Gasteiger partial charge is 0.467 e. The molecule has 2 rings (SSSR count). The molecular weight excluding hydrogens is 254 g/mol. The second kappa shape index (κ2) is 8.55. The third kappa shape index (κ3) is 4.83. The smallest absolute Gasteiger partial charge is 0.129 e. The minimum atomic E-state index is 0.552. The number of nitrogens with one attached hydrogen (secondary N) is 1. The molecule has 0 bridgehead atoms. The summed E-state index contributed by atoms with van der Waals surface area (Å²) in [6, 6.07) is 5.86. The second-order valence-corrected chi connectivity index (χ2v) is 4.71. The number of aromatic nitrogens is 2. The van der Waals surface area contributed by atoms with Gasteiger partial charge >= 0.3 is 0 Å². The maximum absolute atomic E-state index is 5.53. The summed E-state index contributed by atoms with van der Waals surface area (Å²) in [5.74, 6) is 0.876. The van der Waals surface area contributed by atoms with Crippen LogP contribution in [0.15, 0.2) is 35.1 Å². The quantitative estimate of drug-likeness (QED) is 0.678. The molecule has 2 aromatic heterocycles. The number of furan rings is 1. The number of rotatable bonds is 10. The van der Waals surface area contributed by atoms with Crippen molar-refractivity contribution >= 4 is 0 Å². The molecule has 2 heterocycles. The highest BCUT2D eigenvalue weighted by molar-refractivity contribution is 4.99. The minimum absolute atomic E-state index is 0.552. The lowest BCUT2D eigenvalue weighted by atomic mass is 10.3. The first kappa shape index (κ1) is 14.8. The van der Waals surface area contributed by atoms with E-state index < -0.39 is 0 Å². The van der Waals surface area contributed by atoms with Gasteiger partial charge in [-0.25, -0.2) is 0 Å². The third-order valence-corrected chi connectivity index (χ3v) is 3.01. The average molecular weight is 277 g/mol. The van der Waals surface area contributed by atoms with Crippen LogP contribution in [0.25, 0.3) is 0 Å². The topological polar surface area (TPSA) is 52.2 Å². The van der Waals surface area contributed by atoms with E-state index in [-0.39, 0.29) is 0 Å². The summed E-state index contributed by atoms with van der Waals surface area (Å²) in [6.07, 6.45) is 5.62. The van der Waals surface area contributed by atoms with Gasteiger partial charge in [0.1, 0.15) is 12.4 Å². The van der Waals surface area contributed by atoms with Crippen molar-refractivity contribution in [3.63, 3.8) is 0 Å². The van der Waals surface area contributed by atoms with Crippen LogP contribution < -0.4 is 5.32 Å². The van der Waals surface area contributed by atoms with Crippen molar-refractivity contribution in [1.29, 1.82) is 0 Å². The molecule has 5 heteroatoms. The predicted octanol–water partition coefficient (Wildman–Crippen LogP) is 2.58. The molecule has 0 saturated carbocycles. The van der Waals surface area contributed by atoms with E-state index in [1.807, 2.05) is 18.3 Å². The summed E-state index contributed by atoms with van der Waals surface area (Å²) in [7, 11) is 0. The van der Waals surface area contributed by atoms with Crippen LogP contribution in [-0.4, -0.2) is 22.9 Å². The van der Waals surface area contributed by atoms with Gasteiger partial charge in [0.2, 0.25) is 0 Å². The highest BCUT2D eigenvalue weighted by Crippen LogP contribution is 2.02. The molecule has 0 amide bonds. The first-order chi connectivity index (χ1) is 9.90. The lowest BCUT2D eigenvalue weighted by Gasteiger charge is -2.08. The van der Waals surface area contributed by atoms with Crippen molar-refractivity contribution in [2.75, 3.05) is 13.2 Å². The third-order valence-electron chi connectivity index (χ3n) is 3.01. The Hall–Kier alpha value is -1.59. The van der Waals surface area contributed by atoms with Gasteiger partial charge in [-0.1, -0.05) is 6.92 Å². The summed E-state index contributed by atoms with van der Waals surface area (Å²) < 4.78 is 12.8. The van der Waals surface area contributed by atoms with Crippen molar-refractivity contribution in [2.45, 2.75) is 39.5 Å². The van der Waals surface area contributed by atoms with Crippen LogP contribution >= 0.6 is 0 Å². The second-order valence-electron chi connectivity index (χ2n) is 4.71. The van der Waals surface area contributed by atoms with Gasteiger partial charge in [-0.2, -0.15) is 5.10 Å². The van der Waals surface area contributed by atoms with Crippen molar-refractivity contribution < 1.29 is 9.15 Å². The van der Waals surface area contributed by atoms with Gasteiger partial charge < -0.3 is 14.5 Å². The van der Waals surface area contributed by atoms with Crippen LogP contribution in [0.3, 0.4) is 0 Å². The molecule has 2 aromatic rings. The molecule has 0 unspecified atom stereocenters. The number of hydrogen-bond donors (Lipinski definition) is 1. The van der Waals surface area contributed by atoms with Gasteiger partial charge in [0.25, 0.3) is 0 Å². The Labute approximate surface area is 119 Å². The number of hydrogen-bond acceptors (Lipinski definition) is 4. The molecule has 0 aliphatic carbocycles. The summed E-state index contributed by atoms with van der Waals surface area (Å²) in [5, 5.41) is 7.72. The number of nitrogens with zero attached hydrogens (tertiary/aromatic N) is 2. The van der Waals surface area contributed by atoms with E-state index in [0.717, 1.165) is 44.8 Å². The zero-order valence-corrected chi connectivity index (χ0v) is 12.0. The van der Waals surface area contributed by atoms with Gasteiger partial charge in [-0.15, -0.1) is 0 Å². The molecule has 110 valence electrons. The summed E-state index contributed by atoms with van der Waals surface area (Å²) in [6.45, 7) is 6.23. The number of ether oxygens (including phenoxy) is 1. The van der Waals surface area contributed by atoms with Crippen LogP contribution in [0.1, 0.15) is 31.2 Å². The van der Waals surface area contributed by atoms with E-state index in [2.05, 4.69) is 28.1 Å². The molecule has 20 heavy (non-hydrogen) atoms. The molecule has 0 atom stereocenters. The average Bonchev–Trinajstić information content (AvgIpc) is 3.10. The van der Waals surface area contributed by atoms with Gasteiger partial charge in [0.15, 0.2) is 0 Å². The maximum Gasteiger partial charge on any atom is 0.129 e. The molecule has 0 fully saturated rings. The van der Waals surface area contributed by atoms with Gasteiger partial charge in [0, 0.05) is 25.9 Å². The Morgan fingerprint density at radius 3 is 3.15 bits per heavy atom. The lowest BCUT2D eigenvalue weighted by Crippen LogP contribution is -2.19. The van der Waals surface area contributed by atoms with E-state index in [1.165, 1.54) is 5.69 Å². The molecular formula is C15H23N3O2. The first-order valence-corrected chi connectivity index (χ1v) is 7.21. The molecule has 1 N–H and O–H groups in total. The Morgan fingerprint density at radius 1 is 1.40 bits per heavy atom. The lowest BCUT2D eigenvalue weighted by molar-refractivity contribution is 0.104. The summed E-state index contributed by atoms with van der Waals surface area (Å²) in [4.78, 5) is 0. The Morgan fingerprint density at radius 2 is 2.35 bits per heavy atom. The molecule has 5 nitrogen and oxygen atoms in total. The fourth-order valence-electron chi connectivity index (χ4n) is 2.01. The van der Waals surface area contributed by atoms with Crippen molar-refractivity contribution in [3.05, 3.63) is 42.1 Å². The minimum Gasteiger partial charge on any atom is -0.467 e. The van der Waals surface area contributed by atoms with Gasteiger partial charge in [-0.05, 0) is 37.6 Å². The van der Waals surface area contributed by atoms with Crippen LogP contribution in [-0.2, 0) is 24.4 Å². The summed E-state index contributed by atoms with van der Waals surface area (Å²) in [5.41, 5.74) is 1.24. The Balaban J connectivity index is 1.52. The fraction of sp³-hybridized carbons (Fsp3) is 0.533. The zero-order valence-electron chi connectivity index (χ0n) is 12.0. The Bertz CT molecular complexity index is 465. The first-order valence-electron chi connectivity index (χ1n) is 7.21. The van der Waals surface area contributed by atoms with Crippen LogP contribution in [0, 0.1) is 0 Å². The van der Waals surface area contributed by atoms with E-state index in [0.29, 0.717) is 6.61 Å². The van der Waals surface area contributed by atoms with E-state index >= 15 is 0 Å². The van der Waals surface area contributed by atoms with Crippen molar-refractivity contribution in [1.82, 2.24) is 15.1 Å². The fourth-order valence-corrected chi connectivity index (χ4v) is 2.01.